The third kappa shape index (κ3) is 4.09. The average Bonchev–Trinajstić information content (AvgIpc) is 3.45. The van der Waals surface area contributed by atoms with Crippen molar-refractivity contribution >= 4 is 28.4 Å². The number of morpholine rings is 1. The number of ether oxygens (including phenoxy) is 2. The molecule has 0 unspecified atom stereocenters. The highest BCUT2D eigenvalue weighted by Gasteiger charge is 2.26. The molecule has 1 aromatic carbocycles. The Bertz CT molecular complexity index is 1310. The summed E-state index contributed by atoms with van der Waals surface area (Å²) in [5, 5.41) is 11.1. The number of nitrogens with zero attached hydrogens (tertiary/aromatic N) is 4. The maximum atomic E-state index is 15.1. The van der Waals surface area contributed by atoms with Gasteiger partial charge in [0.2, 0.25) is 0 Å². The second kappa shape index (κ2) is 8.04. The fourth-order valence-corrected chi connectivity index (χ4v) is 4.08. The van der Waals surface area contributed by atoms with E-state index in [1.165, 1.54) is 12.8 Å². The lowest BCUT2D eigenvalue weighted by Crippen LogP contribution is -2.36. The van der Waals surface area contributed by atoms with Crippen molar-refractivity contribution in [2.45, 2.75) is 25.7 Å². The van der Waals surface area contributed by atoms with E-state index in [1.807, 2.05) is 19.1 Å². The van der Waals surface area contributed by atoms with Crippen LogP contribution >= 0.6 is 0 Å². The van der Waals surface area contributed by atoms with Crippen LogP contribution in [0, 0.1) is 12.7 Å². The number of fused-ring (bicyclic) bond motifs is 1. The molecule has 1 saturated carbocycles. The van der Waals surface area contributed by atoms with E-state index < -0.39 is 5.82 Å². The topological polar surface area (TPSA) is 104 Å². The fraction of sp³-hybridized carbons (Fsp3) is 0.348. The van der Waals surface area contributed by atoms with Crippen molar-refractivity contribution in [2.75, 3.05) is 36.5 Å². The number of halogens is 1. The van der Waals surface area contributed by atoms with Crippen LogP contribution in [0.15, 0.2) is 30.3 Å². The number of aryl methyl sites for hydroxylation is 1. The van der Waals surface area contributed by atoms with Crippen LogP contribution in [0.4, 0.5) is 21.8 Å². The van der Waals surface area contributed by atoms with Crippen LogP contribution in [0.25, 0.3) is 10.9 Å². The van der Waals surface area contributed by atoms with Crippen LogP contribution in [-0.4, -0.2) is 51.5 Å². The highest BCUT2D eigenvalue weighted by molar-refractivity contribution is 5.82. The molecular weight excluding hydrogens is 425 g/mol. The molecule has 1 saturated heterocycles. The first-order valence-electron chi connectivity index (χ1n) is 11.1. The molecule has 9 nitrogen and oxygen atoms in total. The van der Waals surface area contributed by atoms with Crippen molar-refractivity contribution in [3.8, 4) is 11.8 Å². The summed E-state index contributed by atoms with van der Waals surface area (Å²) in [5.41, 5.74) is 2.71. The zero-order chi connectivity index (χ0) is 22.4. The summed E-state index contributed by atoms with van der Waals surface area (Å²) in [4.78, 5) is 14.3. The number of H-pyrrole nitrogens is 2. The Hall–Kier alpha value is -3.66. The van der Waals surface area contributed by atoms with Gasteiger partial charge in [-0.05, 0) is 38.0 Å². The van der Waals surface area contributed by atoms with Gasteiger partial charge in [0.05, 0.1) is 13.2 Å². The number of anilines is 3. The molecule has 6 rings (SSSR count). The maximum Gasteiger partial charge on any atom is 0.326 e. The van der Waals surface area contributed by atoms with Crippen molar-refractivity contribution < 1.29 is 13.9 Å². The quantitative estimate of drug-likeness (QED) is 0.401. The molecule has 10 heteroatoms. The molecule has 3 N–H and O–H groups in total. The monoisotopic (exact) mass is 449 g/mol. The van der Waals surface area contributed by atoms with Crippen molar-refractivity contribution in [2.24, 2.45) is 0 Å². The summed E-state index contributed by atoms with van der Waals surface area (Å²) in [6.45, 7) is 4.52. The number of rotatable bonds is 6. The Kier molecular flexibility index (Phi) is 4.87. The summed E-state index contributed by atoms with van der Waals surface area (Å²) in [5.74, 6) is 2.06. The molecule has 0 bridgehead atoms. The Morgan fingerprint density at radius 1 is 1.12 bits per heavy atom. The minimum Gasteiger partial charge on any atom is -0.421 e. The highest BCUT2D eigenvalue weighted by atomic mass is 19.1. The largest absolute Gasteiger partial charge is 0.421 e. The lowest BCUT2D eigenvalue weighted by Gasteiger charge is -2.28. The van der Waals surface area contributed by atoms with Crippen LogP contribution in [0.3, 0.4) is 0 Å². The van der Waals surface area contributed by atoms with Crippen molar-refractivity contribution in [3.05, 3.63) is 47.5 Å². The van der Waals surface area contributed by atoms with Crippen LogP contribution in [0.1, 0.15) is 30.1 Å². The smallest absolute Gasteiger partial charge is 0.326 e. The highest BCUT2D eigenvalue weighted by Crippen LogP contribution is 2.40. The molecule has 4 aromatic rings. The molecule has 2 aliphatic rings. The summed E-state index contributed by atoms with van der Waals surface area (Å²) in [7, 11) is 0. The number of nitrogens with one attached hydrogen (secondary N) is 3. The molecule has 0 radical (unpaired) electrons. The number of aromatic nitrogens is 5. The van der Waals surface area contributed by atoms with Crippen molar-refractivity contribution in [3.63, 3.8) is 0 Å². The molecule has 1 aliphatic carbocycles. The van der Waals surface area contributed by atoms with E-state index >= 15 is 4.39 Å². The van der Waals surface area contributed by atoms with Gasteiger partial charge >= 0.3 is 6.01 Å². The van der Waals surface area contributed by atoms with Gasteiger partial charge in [-0.3, -0.25) is 5.10 Å². The average molecular weight is 449 g/mol. The number of hydrogen-bond donors (Lipinski definition) is 3. The van der Waals surface area contributed by atoms with E-state index in [2.05, 4.69) is 35.4 Å². The van der Waals surface area contributed by atoms with Crippen molar-refractivity contribution in [1.82, 2.24) is 25.1 Å². The maximum absolute atomic E-state index is 15.1. The van der Waals surface area contributed by atoms with Crippen LogP contribution in [0.5, 0.6) is 11.8 Å². The van der Waals surface area contributed by atoms with E-state index in [0.29, 0.717) is 60.6 Å². The van der Waals surface area contributed by atoms with Crippen LogP contribution in [0.2, 0.25) is 0 Å². The molecule has 4 heterocycles. The molecule has 2 fully saturated rings. The van der Waals surface area contributed by atoms with E-state index in [0.717, 1.165) is 11.4 Å². The van der Waals surface area contributed by atoms with Gasteiger partial charge in [-0.25, -0.2) is 4.39 Å². The van der Waals surface area contributed by atoms with Gasteiger partial charge in [-0.2, -0.15) is 15.1 Å². The summed E-state index contributed by atoms with van der Waals surface area (Å²) < 4.78 is 26.4. The normalized spacial score (nSPS) is 16.4. The Morgan fingerprint density at radius 3 is 2.79 bits per heavy atom. The predicted octanol–water partition coefficient (Wildman–Crippen LogP) is 4.38. The minimum absolute atomic E-state index is 0.0601. The molecule has 0 atom stereocenters. The predicted molar refractivity (Wildman–Crippen MR) is 122 cm³/mol. The third-order valence-electron chi connectivity index (χ3n) is 5.94. The molecule has 1 aliphatic heterocycles. The zero-order valence-corrected chi connectivity index (χ0v) is 18.2. The SMILES string of the molecule is Cc1cc2c(F)c(Oc3nc(Nc4cc(C5CC5)[nH]n4)cc(N4CCOCC4)n3)ccc2[nH]1. The molecule has 0 spiro atoms. The van der Waals surface area contributed by atoms with Gasteiger partial charge in [0.25, 0.3) is 0 Å². The first-order chi connectivity index (χ1) is 16.1. The Morgan fingerprint density at radius 2 is 1.97 bits per heavy atom. The van der Waals surface area contributed by atoms with E-state index in [-0.39, 0.29) is 11.8 Å². The number of benzene rings is 1. The zero-order valence-electron chi connectivity index (χ0n) is 18.2. The lowest BCUT2D eigenvalue weighted by atomic mass is 10.2. The van der Waals surface area contributed by atoms with E-state index in [4.69, 9.17) is 9.47 Å². The number of hydrogen-bond acceptors (Lipinski definition) is 7. The van der Waals surface area contributed by atoms with Crippen LogP contribution < -0.4 is 15.0 Å². The standard InChI is InChI=1S/C23H24FN7O2/c1-13-10-15-16(25-13)4-5-18(22(15)24)33-23-27-19(12-21(28-23)31-6-8-32-9-7-31)26-20-11-17(29-30-20)14-2-3-14/h4-5,10-12,14,25H,2-3,6-9H2,1H3,(H2,26,27,28,29,30). The molecule has 170 valence electrons. The first-order valence-corrected chi connectivity index (χ1v) is 11.1. The molecule has 0 amide bonds. The van der Waals surface area contributed by atoms with Gasteiger partial charge in [-0.15, -0.1) is 0 Å². The molecular formula is C23H24FN7O2. The third-order valence-corrected chi connectivity index (χ3v) is 5.94. The molecule has 33 heavy (non-hydrogen) atoms. The van der Waals surface area contributed by atoms with Crippen molar-refractivity contribution in [1.29, 1.82) is 0 Å². The van der Waals surface area contributed by atoms with Crippen LogP contribution in [-0.2, 0) is 4.74 Å². The second-order valence-electron chi connectivity index (χ2n) is 8.49. The Labute approximate surface area is 189 Å². The van der Waals surface area contributed by atoms with E-state index in [1.54, 1.807) is 18.2 Å². The fourth-order valence-electron chi connectivity index (χ4n) is 4.08. The van der Waals surface area contributed by atoms with E-state index in [9.17, 15) is 0 Å². The van der Waals surface area contributed by atoms with Gasteiger partial charge in [0.15, 0.2) is 17.4 Å². The molecule has 3 aromatic heterocycles. The van der Waals surface area contributed by atoms with Gasteiger partial charge in [0, 0.05) is 53.4 Å². The summed E-state index contributed by atoms with van der Waals surface area (Å²) in [6.07, 6.45) is 2.37. The summed E-state index contributed by atoms with van der Waals surface area (Å²) in [6, 6.07) is 9.03. The summed E-state index contributed by atoms with van der Waals surface area (Å²) >= 11 is 0. The lowest BCUT2D eigenvalue weighted by molar-refractivity contribution is 0.122. The number of aromatic amines is 2. The van der Waals surface area contributed by atoms with Gasteiger partial charge in [0.1, 0.15) is 11.6 Å². The van der Waals surface area contributed by atoms with Gasteiger partial charge in [-0.1, -0.05) is 0 Å². The van der Waals surface area contributed by atoms with Gasteiger partial charge < -0.3 is 24.7 Å². The minimum atomic E-state index is -0.451. The first kappa shape index (κ1) is 20.0. The second-order valence-corrected chi connectivity index (χ2v) is 8.49. The Balaban J connectivity index is 1.33.